The first-order valence-electron chi connectivity index (χ1n) is 4.96. The topological polar surface area (TPSA) is 41.1 Å². The predicted octanol–water partition coefficient (Wildman–Crippen LogP) is 1.01. The Morgan fingerprint density at radius 3 is 3.07 bits per heavy atom. The number of hydrogen-bond acceptors (Lipinski definition) is 2. The van der Waals surface area contributed by atoms with Crippen molar-refractivity contribution in [1.82, 2.24) is 10.6 Å². The summed E-state index contributed by atoms with van der Waals surface area (Å²) in [5, 5.41) is 6.20. The number of rotatable bonds is 3. The van der Waals surface area contributed by atoms with Gasteiger partial charge in [-0.05, 0) is 24.8 Å². The lowest BCUT2D eigenvalue weighted by Crippen LogP contribution is -2.28. The molecule has 4 heteroatoms. The Labute approximate surface area is 92.5 Å². The second-order valence-corrected chi connectivity index (χ2v) is 5.40. The van der Waals surface area contributed by atoms with Crippen LogP contribution in [0.15, 0.2) is 11.1 Å². The van der Waals surface area contributed by atoms with Crippen LogP contribution in [0.5, 0.6) is 0 Å². The van der Waals surface area contributed by atoms with E-state index in [1.54, 1.807) is 0 Å². The summed E-state index contributed by atoms with van der Waals surface area (Å²) in [6.45, 7) is 6.30. The van der Waals surface area contributed by atoms with Crippen LogP contribution in [-0.2, 0) is 4.79 Å². The molecule has 0 aromatic rings. The van der Waals surface area contributed by atoms with Gasteiger partial charge in [-0.25, -0.2) is 0 Å². The van der Waals surface area contributed by atoms with E-state index >= 15 is 0 Å². The summed E-state index contributed by atoms with van der Waals surface area (Å²) < 4.78 is 0.824. The molecule has 3 nitrogen and oxygen atoms in total. The zero-order valence-corrected chi connectivity index (χ0v) is 9.69. The maximum atomic E-state index is 11.7. The van der Waals surface area contributed by atoms with Crippen molar-refractivity contribution < 1.29 is 4.79 Å². The summed E-state index contributed by atoms with van der Waals surface area (Å²) in [7, 11) is 0. The SMILES string of the molecule is C=C(Br)CNC(=O)C1CC12CCNC2. The highest BCUT2D eigenvalue weighted by atomic mass is 79.9. The van der Waals surface area contributed by atoms with E-state index in [0.717, 1.165) is 30.4 Å². The lowest BCUT2D eigenvalue weighted by Gasteiger charge is -2.07. The molecular weight excluding hydrogens is 244 g/mol. The van der Waals surface area contributed by atoms with Gasteiger partial charge in [0.1, 0.15) is 0 Å². The smallest absolute Gasteiger partial charge is 0.224 e. The third-order valence-corrected chi connectivity index (χ3v) is 3.52. The number of carbonyl (C=O) groups is 1. The molecule has 2 N–H and O–H groups in total. The summed E-state index contributed by atoms with van der Waals surface area (Å²) >= 11 is 3.23. The third-order valence-electron chi connectivity index (χ3n) is 3.24. The minimum Gasteiger partial charge on any atom is -0.351 e. The van der Waals surface area contributed by atoms with Crippen molar-refractivity contribution in [3.63, 3.8) is 0 Å². The highest BCUT2D eigenvalue weighted by molar-refractivity contribution is 9.11. The fourth-order valence-electron chi connectivity index (χ4n) is 2.26. The van der Waals surface area contributed by atoms with Crippen molar-refractivity contribution in [1.29, 1.82) is 0 Å². The molecule has 2 atom stereocenters. The van der Waals surface area contributed by atoms with Gasteiger partial charge >= 0.3 is 0 Å². The van der Waals surface area contributed by atoms with Crippen LogP contribution in [0.4, 0.5) is 0 Å². The first-order chi connectivity index (χ1) is 6.64. The molecule has 2 aliphatic rings. The van der Waals surface area contributed by atoms with E-state index in [-0.39, 0.29) is 11.8 Å². The molecule has 1 spiro atoms. The first-order valence-corrected chi connectivity index (χ1v) is 5.75. The highest BCUT2D eigenvalue weighted by Gasteiger charge is 2.58. The number of amides is 1. The third kappa shape index (κ3) is 1.86. The van der Waals surface area contributed by atoms with Crippen LogP contribution in [0.1, 0.15) is 12.8 Å². The first kappa shape index (κ1) is 10.2. The molecule has 0 radical (unpaired) electrons. The predicted molar refractivity (Wildman–Crippen MR) is 59.1 cm³/mol. The standard InChI is InChI=1S/C10H15BrN2O/c1-7(11)5-13-9(14)8-4-10(8)2-3-12-6-10/h8,12H,1-6H2,(H,13,14). The molecule has 78 valence electrons. The summed E-state index contributed by atoms with van der Waals surface area (Å²) in [5.74, 6) is 0.429. The Hall–Kier alpha value is -0.350. The maximum absolute atomic E-state index is 11.7. The number of hydrogen-bond donors (Lipinski definition) is 2. The van der Waals surface area contributed by atoms with Crippen LogP contribution in [0.25, 0.3) is 0 Å². The molecule has 0 aromatic heterocycles. The molecule has 1 aliphatic carbocycles. The van der Waals surface area contributed by atoms with Gasteiger partial charge in [0.25, 0.3) is 0 Å². The van der Waals surface area contributed by atoms with E-state index in [2.05, 4.69) is 33.1 Å². The molecule has 1 amide bonds. The Morgan fingerprint density at radius 2 is 2.50 bits per heavy atom. The van der Waals surface area contributed by atoms with Crippen LogP contribution >= 0.6 is 15.9 Å². The van der Waals surface area contributed by atoms with Gasteiger partial charge in [0, 0.05) is 23.5 Å². The van der Waals surface area contributed by atoms with Crippen LogP contribution < -0.4 is 10.6 Å². The largest absolute Gasteiger partial charge is 0.351 e. The molecule has 2 rings (SSSR count). The zero-order chi connectivity index (χ0) is 10.2. The number of halogens is 1. The molecule has 2 fully saturated rings. The summed E-state index contributed by atoms with van der Waals surface area (Å²) in [6, 6.07) is 0. The average Bonchev–Trinajstić information content (AvgIpc) is 2.61. The van der Waals surface area contributed by atoms with Crippen LogP contribution in [0.3, 0.4) is 0 Å². The highest BCUT2D eigenvalue weighted by Crippen LogP contribution is 2.56. The molecule has 1 heterocycles. The molecule has 14 heavy (non-hydrogen) atoms. The van der Waals surface area contributed by atoms with Gasteiger partial charge in [-0.1, -0.05) is 22.5 Å². The minimum absolute atomic E-state index is 0.189. The normalized spacial score (nSPS) is 34.5. The van der Waals surface area contributed by atoms with Crippen LogP contribution in [0.2, 0.25) is 0 Å². The number of nitrogens with one attached hydrogen (secondary N) is 2. The molecule has 0 aromatic carbocycles. The van der Waals surface area contributed by atoms with E-state index < -0.39 is 0 Å². The molecular formula is C10H15BrN2O. The van der Waals surface area contributed by atoms with Crippen molar-refractivity contribution in [3.05, 3.63) is 11.1 Å². The summed E-state index contributed by atoms with van der Waals surface area (Å²) in [5.41, 5.74) is 0.303. The summed E-state index contributed by atoms with van der Waals surface area (Å²) in [4.78, 5) is 11.7. The van der Waals surface area contributed by atoms with Crippen molar-refractivity contribution in [2.24, 2.45) is 11.3 Å². The van der Waals surface area contributed by atoms with Gasteiger partial charge in [0.2, 0.25) is 5.91 Å². The van der Waals surface area contributed by atoms with Crippen molar-refractivity contribution in [2.45, 2.75) is 12.8 Å². The summed E-state index contributed by atoms with van der Waals surface area (Å²) in [6.07, 6.45) is 2.21. The van der Waals surface area contributed by atoms with E-state index in [9.17, 15) is 4.79 Å². The zero-order valence-electron chi connectivity index (χ0n) is 8.11. The van der Waals surface area contributed by atoms with Crippen molar-refractivity contribution >= 4 is 21.8 Å². The van der Waals surface area contributed by atoms with E-state index in [0.29, 0.717) is 12.0 Å². The molecule has 0 bridgehead atoms. The Kier molecular flexibility index (Phi) is 2.66. The Bertz CT molecular complexity index is 271. The fraction of sp³-hybridized carbons (Fsp3) is 0.700. The monoisotopic (exact) mass is 258 g/mol. The van der Waals surface area contributed by atoms with Gasteiger partial charge < -0.3 is 10.6 Å². The molecule has 1 aliphatic heterocycles. The quantitative estimate of drug-likeness (QED) is 0.794. The molecule has 1 saturated carbocycles. The van der Waals surface area contributed by atoms with Crippen LogP contribution in [-0.4, -0.2) is 25.5 Å². The lowest BCUT2D eigenvalue weighted by molar-refractivity contribution is -0.122. The molecule has 1 saturated heterocycles. The Morgan fingerprint density at radius 1 is 1.71 bits per heavy atom. The van der Waals surface area contributed by atoms with Crippen molar-refractivity contribution in [3.8, 4) is 0 Å². The fourth-order valence-corrected chi connectivity index (χ4v) is 2.40. The minimum atomic E-state index is 0.189. The second-order valence-electron chi connectivity index (χ2n) is 4.28. The van der Waals surface area contributed by atoms with Gasteiger partial charge in [-0.3, -0.25) is 4.79 Å². The van der Waals surface area contributed by atoms with Gasteiger partial charge in [0.15, 0.2) is 0 Å². The average molecular weight is 259 g/mol. The maximum Gasteiger partial charge on any atom is 0.224 e. The molecule has 2 unspecified atom stereocenters. The van der Waals surface area contributed by atoms with Crippen molar-refractivity contribution in [2.75, 3.05) is 19.6 Å². The Balaban J connectivity index is 1.81. The van der Waals surface area contributed by atoms with Gasteiger partial charge in [-0.15, -0.1) is 0 Å². The van der Waals surface area contributed by atoms with Crippen LogP contribution in [0, 0.1) is 11.3 Å². The lowest BCUT2D eigenvalue weighted by atomic mass is 10.0. The second kappa shape index (κ2) is 3.66. The van der Waals surface area contributed by atoms with E-state index in [4.69, 9.17) is 0 Å². The van der Waals surface area contributed by atoms with Gasteiger partial charge in [0.05, 0.1) is 0 Å². The van der Waals surface area contributed by atoms with E-state index in [1.807, 2.05) is 0 Å². The van der Waals surface area contributed by atoms with Gasteiger partial charge in [-0.2, -0.15) is 0 Å². The van der Waals surface area contributed by atoms with E-state index in [1.165, 1.54) is 0 Å². The number of carbonyl (C=O) groups excluding carboxylic acids is 1.